The summed E-state index contributed by atoms with van der Waals surface area (Å²) in [6.07, 6.45) is 6.49. The van der Waals surface area contributed by atoms with E-state index in [2.05, 4.69) is 144 Å². The van der Waals surface area contributed by atoms with Crippen LogP contribution in [0.25, 0.3) is 39.4 Å². The Morgan fingerprint density at radius 3 is 2.26 bits per heavy atom. The molecule has 1 aromatic heterocycles. The number of hydrogen-bond acceptors (Lipinski definition) is 2. The second-order valence-corrected chi connectivity index (χ2v) is 9.72. The highest BCUT2D eigenvalue weighted by Gasteiger charge is 2.25. The van der Waals surface area contributed by atoms with Gasteiger partial charge in [0.2, 0.25) is 0 Å². The monoisotopic (exact) mass is 472 g/mol. The second-order valence-electron chi connectivity index (χ2n) is 8.68. The summed E-state index contributed by atoms with van der Waals surface area (Å²) < 4.78 is 2.24. The smallest absolute Gasteiger partial charge is 0.279 e. The van der Waals surface area contributed by atoms with Crippen LogP contribution in [-0.4, -0.2) is 12.0 Å². The van der Waals surface area contributed by atoms with Gasteiger partial charge in [0.25, 0.3) is 5.82 Å². The van der Waals surface area contributed by atoms with E-state index in [0.29, 0.717) is 0 Å². The third kappa shape index (κ3) is 3.86. The fourth-order valence-electron chi connectivity index (χ4n) is 4.72. The maximum absolute atomic E-state index is 3.67. The van der Waals surface area contributed by atoms with Crippen LogP contribution in [0, 0.1) is 0 Å². The van der Waals surface area contributed by atoms with E-state index >= 15 is 0 Å². The molecule has 35 heavy (non-hydrogen) atoms. The summed E-state index contributed by atoms with van der Waals surface area (Å²) in [6.45, 7) is 0. The number of hydrogen-bond donors (Lipinski definition) is 1. The van der Waals surface area contributed by atoms with E-state index in [1.165, 1.54) is 43.2 Å². The van der Waals surface area contributed by atoms with Gasteiger partial charge < -0.3 is 4.90 Å². The molecule has 4 aromatic carbocycles. The fraction of sp³-hybridized carbons (Fsp3) is 0.0645. The number of aromatic amines is 1. The zero-order chi connectivity index (χ0) is 23.8. The summed E-state index contributed by atoms with van der Waals surface area (Å²) in [5.74, 6) is 1.05. The van der Waals surface area contributed by atoms with Crippen molar-refractivity contribution in [2.24, 2.45) is 7.05 Å². The summed E-state index contributed by atoms with van der Waals surface area (Å²) in [6, 6.07) is 34.1. The molecule has 0 unspecified atom stereocenters. The van der Waals surface area contributed by atoms with Gasteiger partial charge in [-0.15, -0.1) is 0 Å². The first-order valence-corrected chi connectivity index (χ1v) is 12.6. The number of allylic oxidation sites excluding steroid dienone is 2. The van der Waals surface area contributed by atoms with E-state index in [0.717, 1.165) is 11.5 Å². The molecule has 1 aliphatic heterocycles. The van der Waals surface area contributed by atoms with Gasteiger partial charge >= 0.3 is 0 Å². The Hall–Kier alpha value is -4.02. The summed E-state index contributed by atoms with van der Waals surface area (Å²) in [4.78, 5) is 7.27. The molecular formula is C31H26N3S+. The Morgan fingerprint density at radius 2 is 1.49 bits per heavy atom. The van der Waals surface area contributed by atoms with Gasteiger partial charge in [-0.25, -0.2) is 9.55 Å². The summed E-state index contributed by atoms with van der Waals surface area (Å²) >= 11 is 1.83. The SMILES string of the molecule is CN1/C(=C\C=C\c2[nH]c(-c3ccccc3)c(-c3ccccc3)[n+]2C)Sc2c1ccc1ccccc21. The molecule has 0 radical (unpaired) electrons. The van der Waals surface area contributed by atoms with Crippen LogP contribution in [0.1, 0.15) is 5.82 Å². The summed E-state index contributed by atoms with van der Waals surface area (Å²) in [7, 11) is 4.26. The van der Waals surface area contributed by atoms with Crippen molar-refractivity contribution in [1.29, 1.82) is 0 Å². The highest BCUT2D eigenvalue weighted by molar-refractivity contribution is 8.04. The second kappa shape index (κ2) is 8.97. The third-order valence-corrected chi connectivity index (χ3v) is 7.80. The summed E-state index contributed by atoms with van der Waals surface area (Å²) in [5.41, 5.74) is 5.93. The number of H-pyrrole nitrogens is 1. The Labute approximate surface area is 210 Å². The van der Waals surface area contributed by atoms with Gasteiger partial charge in [-0.05, 0) is 22.9 Å². The van der Waals surface area contributed by atoms with Crippen LogP contribution in [0.2, 0.25) is 0 Å². The Balaban J connectivity index is 1.36. The minimum atomic E-state index is 1.05. The lowest BCUT2D eigenvalue weighted by atomic mass is 10.1. The van der Waals surface area contributed by atoms with Crippen LogP contribution in [0.15, 0.2) is 119 Å². The molecule has 1 N–H and O–H groups in total. The van der Waals surface area contributed by atoms with Gasteiger partial charge in [-0.2, -0.15) is 0 Å². The first-order valence-electron chi connectivity index (χ1n) is 11.8. The van der Waals surface area contributed by atoms with Crippen molar-refractivity contribution in [1.82, 2.24) is 4.98 Å². The van der Waals surface area contributed by atoms with Crippen molar-refractivity contribution in [3.05, 3.63) is 120 Å². The maximum atomic E-state index is 3.67. The minimum absolute atomic E-state index is 1.05. The molecule has 0 aliphatic carbocycles. The standard InChI is InChI=1S/C31H25N3S/c1-33-26-21-20-22-12-9-10-17-25(22)31(26)35-28(33)19-11-18-27-32-29(23-13-5-3-6-14-23)30(34(27)2)24-15-7-4-8-16-24/h3-21H,1-2H3/p+1/b18-11+,28-19+. The number of fused-ring (bicyclic) bond motifs is 3. The zero-order valence-corrected chi connectivity index (χ0v) is 20.6. The van der Waals surface area contributed by atoms with Crippen molar-refractivity contribution >= 4 is 34.3 Å². The Morgan fingerprint density at radius 1 is 0.800 bits per heavy atom. The van der Waals surface area contributed by atoms with E-state index in [4.69, 9.17) is 0 Å². The number of rotatable bonds is 4. The van der Waals surface area contributed by atoms with Crippen molar-refractivity contribution in [3.8, 4) is 22.5 Å². The molecule has 0 fully saturated rings. The van der Waals surface area contributed by atoms with Gasteiger partial charge in [0.1, 0.15) is 0 Å². The maximum Gasteiger partial charge on any atom is 0.279 e. The van der Waals surface area contributed by atoms with Gasteiger partial charge in [0.05, 0.1) is 17.8 Å². The number of aromatic nitrogens is 2. The van der Waals surface area contributed by atoms with Gasteiger partial charge in [0, 0.05) is 29.1 Å². The van der Waals surface area contributed by atoms with Crippen molar-refractivity contribution < 1.29 is 4.57 Å². The van der Waals surface area contributed by atoms with Crippen LogP contribution < -0.4 is 9.47 Å². The van der Waals surface area contributed by atoms with Crippen molar-refractivity contribution in [3.63, 3.8) is 0 Å². The number of imidazole rings is 1. The first-order chi connectivity index (χ1) is 17.2. The third-order valence-electron chi connectivity index (χ3n) is 6.55. The van der Waals surface area contributed by atoms with Crippen molar-refractivity contribution in [2.45, 2.75) is 4.90 Å². The topological polar surface area (TPSA) is 22.9 Å². The van der Waals surface area contributed by atoms with Crippen LogP contribution >= 0.6 is 11.8 Å². The van der Waals surface area contributed by atoms with Gasteiger partial charge in [0.15, 0.2) is 11.4 Å². The lowest BCUT2D eigenvalue weighted by molar-refractivity contribution is -0.660. The molecule has 6 rings (SSSR count). The predicted octanol–water partition coefficient (Wildman–Crippen LogP) is 7.42. The van der Waals surface area contributed by atoms with E-state index in [9.17, 15) is 0 Å². The van der Waals surface area contributed by atoms with Crippen LogP contribution in [-0.2, 0) is 7.05 Å². The summed E-state index contributed by atoms with van der Waals surface area (Å²) in [5, 5.41) is 3.81. The van der Waals surface area contributed by atoms with Crippen LogP contribution in [0.4, 0.5) is 5.69 Å². The quantitative estimate of drug-likeness (QED) is 0.275. The van der Waals surface area contributed by atoms with Crippen LogP contribution in [0.5, 0.6) is 0 Å². The van der Waals surface area contributed by atoms with Gasteiger partial charge in [-0.3, -0.25) is 0 Å². The largest absolute Gasteiger partial charge is 0.338 e. The Kier molecular flexibility index (Phi) is 5.51. The minimum Gasteiger partial charge on any atom is -0.338 e. The first kappa shape index (κ1) is 21.5. The normalized spacial score (nSPS) is 14.3. The molecule has 0 saturated carbocycles. The van der Waals surface area contributed by atoms with E-state index in [1.807, 2.05) is 11.8 Å². The molecule has 5 aromatic rings. The molecule has 2 heterocycles. The molecule has 0 spiro atoms. The highest BCUT2D eigenvalue weighted by Crippen LogP contribution is 2.48. The number of anilines is 1. The van der Waals surface area contributed by atoms with Crippen LogP contribution in [0.3, 0.4) is 0 Å². The molecular weight excluding hydrogens is 446 g/mol. The number of nitrogens with one attached hydrogen (secondary N) is 1. The number of thioether (sulfide) groups is 1. The Bertz CT molecular complexity index is 1580. The predicted molar refractivity (Wildman–Crippen MR) is 148 cm³/mol. The lowest BCUT2D eigenvalue weighted by Gasteiger charge is -2.13. The van der Waals surface area contributed by atoms with E-state index in [1.54, 1.807) is 0 Å². The van der Waals surface area contributed by atoms with E-state index in [-0.39, 0.29) is 0 Å². The molecule has 1 aliphatic rings. The fourth-order valence-corrected chi connectivity index (χ4v) is 5.92. The van der Waals surface area contributed by atoms with E-state index < -0.39 is 0 Å². The lowest BCUT2D eigenvalue weighted by Crippen LogP contribution is -2.31. The molecule has 0 saturated heterocycles. The molecule has 3 nitrogen and oxygen atoms in total. The van der Waals surface area contributed by atoms with Crippen molar-refractivity contribution in [2.75, 3.05) is 11.9 Å². The average Bonchev–Trinajstić information content (AvgIpc) is 3.41. The molecule has 4 heteroatoms. The number of benzene rings is 4. The molecule has 0 atom stereocenters. The van der Waals surface area contributed by atoms with Gasteiger partial charge in [-0.1, -0.05) is 109 Å². The zero-order valence-electron chi connectivity index (χ0n) is 19.8. The number of nitrogens with zero attached hydrogens (tertiary/aromatic N) is 2. The molecule has 170 valence electrons. The highest BCUT2D eigenvalue weighted by atomic mass is 32.2. The average molecular weight is 473 g/mol. The molecule has 0 bridgehead atoms. The molecule has 0 amide bonds.